The van der Waals surface area contributed by atoms with Crippen LogP contribution in [-0.4, -0.2) is 37.3 Å². The highest BCUT2D eigenvalue weighted by atomic mass is 79.9. The molecule has 2 saturated heterocycles. The summed E-state index contributed by atoms with van der Waals surface area (Å²) in [6, 6.07) is 14.4. The molecule has 0 saturated carbocycles. The van der Waals surface area contributed by atoms with Gasteiger partial charge >= 0.3 is 0 Å². The number of methoxy groups -OCH3 is 1. The summed E-state index contributed by atoms with van der Waals surface area (Å²) >= 11 is 3.35. The van der Waals surface area contributed by atoms with Gasteiger partial charge in [0.25, 0.3) is 0 Å². The molecule has 2 fully saturated rings. The van der Waals surface area contributed by atoms with Crippen LogP contribution in [0.2, 0.25) is 0 Å². The summed E-state index contributed by atoms with van der Waals surface area (Å²) < 4.78 is 6.20. The van der Waals surface area contributed by atoms with Gasteiger partial charge < -0.3 is 26.0 Å². The number of halogens is 1. The molecular formula is C21H22BrN5O4. The number of amides is 3. The van der Waals surface area contributed by atoms with Gasteiger partial charge in [0, 0.05) is 16.6 Å². The highest BCUT2D eigenvalue weighted by Gasteiger charge is 2.48. The second-order valence-electron chi connectivity index (χ2n) is 7.33. The number of hydrogen-bond acceptors (Lipinski definition) is 6. The van der Waals surface area contributed by atoms with Gasteiger partial charge in [0.15, 0.2) is 6.29 Å². The lowest BCUT2D eigenvalue weighted by molar-refractivity contribution is -0.144. The number of carbonyl (C=O) groups is 3. The minimum absolute atomic E-state index is 0.0662. The summed E-state index contributed by atoms with van der Waals surface area (Å²) in [6.07, 6.45) is -1.41. The Kier molecular flexibility index (Phi) is 6.10. The molecule has 4 rings (SSSR count). The molecule has 0 aromatic heterocycles. The third kappa shape index (κ3) is 4.64. The largest absolute Gasteiger partial charge is 0.495 e. The molecule has 2 aliphatic rings. The van der Waals surface area contributed by atoms with Crippen molar-refractivity contribution in [3.8, 4) is 5.75 Å². The van der Waals surface area contributed by atoms with Crippen molar-refractivity contribution < 1.29 is 19.1 Å². The molecule has 9 nitrogen and oxygen atoms in total. The first kappa shape index (κ1) is 21.1. The van der Waals surface area contributed by atoms with Crippen molar-refractivity contribution in [3.63, 3.8) is 0 Å². The summed E-state index contributed by atoms with van der Waals surface area (Å²) in [6.45, 7) is 0. The minimum atomic E-state index is -0.804. The summed E-state index contributed by atoms with van der Waals surface area (Å²) in [7, 11) is 1.55. The highest BCUT2D eigenvalue weighted by molar-refractivity contribution is 9.10. The lowest BCUT2D eigenvalue weighted by atomic mass is 9.81. The Labute approximate surface area is 187 Å². The molecule has 0 bridgehead atoms. The van der Waals surface area contributed by atoms with Crippen LogP contribution in [0, 0.1) is 11.8 Å². The van der Waals surface area contributed by atoms with Crippen LogP contribution in [0.4, 0.5) is 11.4 Å². The van der Waals surface area contributed by atoms with Gasteiger partial charge in [-0.25, -0.2) is 0 Å². The average Bonchev–Trinajstić information content (AvgIpc) is 2.75. The van der Waals surface area contributed by atoms with Crippen LogP contribution in [0.25, 0.3) is 0 Å². The Hall–Kier alpha value is -3.11. The van der Waals surface area contributed by atoms with Gasteiger partial charge in [-0.05, 0) is 36.4 Å². The number of fused-ring (bicyclic) bond motifs is 1. The van der Waals surface area contributed by atoms with Crippen molar-refractivity contribution in [3.05, 3.63) is 53.0 Å². The molecule has 162 valence electrons. The Morgan fingerprint density at radius 2 is 1.84 bits per heavy atom. The van der Waals surface area contributed by atoms with Gasteiger partial charge in [0.1, 0.15) is 5.75 Å². The van der Waals surface area contributed by atoms with Crippen LogP contribution in [-0.2, 0) is 14.4 Å². The second kappa shape index (κ2) is 8.94. The van der Waals surface area contributed by atoms with Gasteiger partial charge in [0.05, 0.1) is 30.8 Å². The van der Waals surface area contributed by atoms with Gasteiger partial charge in [-0.3, -0.25) is 19.7 Å². The number of anilines is 2. The Morgan fingerprint density at radius 1 is 1.10 bits per heavy atom. The lowest BCUT2D eigenvalue weighted by Crippen LogP contribution is -2.72. The number of para-hydroxylation sites is 2. The fourth-order valence-electron chi connectivity index (χ4n) is 3.84. The zero-order chi connectivity index (χ0) is 22.0. The van der Waals surface area contributed by atoms with Gasteiger partial charge in [-0.2, -0.15) is 0 Å². The third-order valence-corrected chi connectivity index (χ3v) is 5.83. The zero-order valence-corrected chi connectivity index (χ0v) is 18.2. The molecule has 31 heavy (non-hydrogen) atoms. The number of hydrogen-bond donors (Lipinski definition) is 5. The topological polar surface area (TPSA) is 121 Å². The number of carbonyl (C=O) groups excluding carboxylic acids is 3. The number of rotatable bonds is 5. The standard InChI is InChI=1S/C21H22BrN5O4/c1-31-15-5-3-2-4-14(15)24-21-26-18-17(20(30)27-21)13(10-16(28)25-18)19(29)23-12-8-6-11(22)7-9-12/h2-9,13,17-18,21,24,26H,10H2,1H3,(H,23,29)(H,25,28)(H,27,30). The maximum absolute atomic E-state index is 12.9. The monoisotopic (exact) mass is 487 g/mol. The van der Waals surface area contributed by atoms with E-state index in [0.717, 1.165) is 4.47 Å². The van der Waals surface area contributed by atoms with E-state index in [-0.39, 0.29) is 24.1 Å². The number of piperidine rings is 1. The smallest absolute Gasteiger partial charge is 0.229 e. The van der Waals surface area contributed by atoms with E-state index in [1.54, 1.807) is 37.4 Å². The van der Waals surface area contributed by atoms with E-state index >= 15 is 0 Å². The molecule has 5 N–H and O–H groups in total. The second-order valence-corrected chi connectivity index (χ2v) is 8.25. The van der Waals surface area contributed by atoms with E-state index < -0.39 is 24.3 Å². The molecule has 2 heterocycles. The normalized spacial score (nSPS) is 25.0. The van der Waals surface area contributed by atoms with E-state index in [1.807, 2.05) is 18.2 Å². The zero-order valence-electron chi connectivity index (χ0n) is 16.6. The summed E-state index contributed by atoms with van der Waals surface area (Å²) in [5.41, 5.74) is 1.27. The summed E-state index contributed by atoms with van der Waals surface area (Å²) in [5, 5.41) is 14.7. The molecular weight excluding hydrogens is 466 g/mol. The van der Waals surface area contributed by atoms with Crippen molar-refractivity contribution >= 4 is 45.0 Å². The third-order valence-electron chi connectivity index (χ3n) is 5.31. The van der Waals surface area contributed by atoms with Crippen molar-refractivity contribution in [1.29, 1.82) is 0 Å². The van der Waals surface area contributed by atoms with Gasteiger partial charge in [-0.15, -0.1) is 0 Å². The molecule has 2 aromatic rings. The van der Waals surface area contributed by atoms with Gasteiger partial charge in [0.2, 0.25) is 17.7 Å². The molecule has 3 amide bonds. The lowest BCUT2D eigenvalue weighted by Gasteiger charge is -2.43. The number of benzene rings is 2. The van der Waals surface area contributed by atoms with Crippen molar-refractivity contribution in [2.24, 2.45) is 11.8 Å². The summed E-state index contributed by atoms with van der Waals surface area (Å²) in [4.78, 5) is 38.1. The molecule has 4 atom stereocenters. The van der Waals surface area contributed by atoms with Crippen molar-refractivity contribution in [2.45, 2.75) is 18.9 Å². The van der Waals surface area contributed by atoms with E-state index in [2.05, 4.69) is 42.5 Å². The molecule has 2 aliphatic heterocycles. The molecule has 0 spiro atoms. The maximum Gasteiger partial charge on any atom is 0.229 e. The SMILES string of the molecule is COc1ccccc1NC1NC(=O)C2C(NC(=O)CC2C(=O)Nc2ccc(Br)cc2)N1. The number of nitrogens with one attached hydrogen (secondary N) is 5. The highest BCUT2D eigenvalue weighted by Crippen LogP contribution is 2.29. The molecule has 10 heteroatoms. The van der Waals surface area contributed by atoms with Crippen LogP contribution in [0.5, 0.6) is 5.75 Å². The quantitative estimate of drug-likeness (QED) is 0.436. The minimum Gasteiger partial charge on any atom is -0.495 e. The van der Waals surface area contributed by atoms with Crippen LogP contribution >= 0.6 is 15.9 Å². The Balaban J connectivity index is 1.48. The summed E-state index contributed by atoms with van der Waals surface area (Å²) in [5.74, 6) is -1.94. The van der Waals surface area contributed by atoms with Crippen molar-refractivity contribution in [2.75, 3.05) is 17.7 Å². The molecule has 0 radical (unpaired) electrons. The first-order valence-electron chi connectivity index (χ1n) is 9.76. The van der Waals surface area contributed by atoms with Crippen LogP contribution in [0.1, 0.15) is 6.42 Å². The maximum atomic E-state index is 12.9. The Morgan fingerprint density at radius 3 is 2.58 bits per heavy atom. The van der Waals surface area contributed by atoms with Crippen LogP contribution < -0.4 is 31.3 Å². The van der Waals surface area contributed by atoms with Crippen LogP contribution in [0.15, 0.2) is 53.0 Å². The molecule has 0 aliphatic carbocycles. The van der Waals surface area contributed by atoms with E-state index in [4.69, 9.17) is 4.74 Å². The van der Waals surface area contributed by atoms with E-state index in [9.17, 15) is 14.4 Å². The van der Waals surface area contributed by atoms with Crippen LogP contribution in [0.3, 0.4) is 0 Å². The van der Waals surface area contributed by atoms with E-state index in [1.165, 1.54) is 0 Å². The van der Waals surface area contributed by atoms with Gasteiger partial charge in [-0.1, -0.05) is 28.1 Å². The number of ether oxygens (including phenoxy) is 1. The Bertz CT molecular complexity index is 1000. The predicted molar refractivity (Wildman–Crippen MR) is 118 cm³/mol. The fourth-order valence-corrected chi connectivity index (χ4v) is 4.11. The molecule has 4 unspecified atom stereocenters. The predicted octanol–water partition coefficient (Wildman–Crippen LogP) is 1.59. The average molecular weight is 488 g/mol. The fraction of sp³-hybridized carbons (Fsp3) is 0.286. The van der Waals surface area contributed by atoms with Crippen molar-refractivity contribution in [1.82, 2.24) is 16.0 Å². The first-order valence-corrected chi connectivity index (χ1v) is 10.6. The first-order chi connectivity index (χ1) is 14.9. The molecule has 2 aromatic carbocycles. The van der Waals surface area contributed by atoms with E-state index in [0.29, 0.717) is 17.1 Å².